The number of rotatable bonds is 3. The zero-order valence-corrected chi connectivity index (χ0v) is 7.36. The fourth-order valence-electron chi connectivity index (χ4n) is 0.883. The lowest BCUT2D eigenvalue weighted by Gasteiger charge is -2.03. The summed E-state index contributed by atoms with van der Waals surface area (Å²) < 4.78 is 0. The van der Waals surface area contributed by atoms with Gasteiger partial charge >= 0.3 is 6.09 Å². The van der Waals surface area contributed by atoms with Crippen LogP contribution in [0.15, 0.2) is 30.3 Å². The van der Waals surface area contributed by atoms with Crippen LogP contribution in [0.2, 0.25) is 0 Å². The van der Waals surface area contributed by atoms with Gasteiger partial charge in [0.1, 0.15) is 6.54 Å². The minimum Gasteiger partial charge on any atom is -0.465 e. The summed E-state index contributed by atoms with van der Waals surface area (Å²) in [6.45, 7) is -0.246. The third-order valence-electron chi connectivity index (χ3n) is 1.46. The Bertz CT molecular complexity index is 324. The number of nitrogens with one attached hydrogen (secondary N) is 2. The average molecular weight is 194 g/mol. The van der Waals surface area contributed by atoms with Crippen molar-refractivity contribution < 1.29 is 14.7 Å². The second kappa shape index (κ2) is 4.86. The number of carbonyl (C=O) groups is 2. The Morgan fingerprint density at radius 2 is 1.86 bits per heavy atom. The van der Waals surface area contributed by atoms with Gasteiger partial charge in [0.25, 0.3) is 0 Å². The van der Waals surface area contributed by atoms with Gasteiger partial charge in [0.2, 0.25) is 5.91 Å². The van der Waals surface area contributed by atoms with Crippen molar-refractivity contribution in [3.63, 3.8) is 0 Å². The first-order chi connectivity index (χ1) is 6.68. The molecular formula is C9H10N2O3. The van der Waals surface area contributed by atoms with Crippen LogP contribution in [-0.2, 0) is 4.79 Å². The quantitative estimate of drug-likeness (QED) is 0.668. The minimum atomic E-state index is -1.21. The van der Waals surface area contributed by atoms with Crippen molar-refractivity contribution in [2.24, 2.45) is 0 Å². The molecule has 0 atom stereocenters. The zero-order chi connectivity index (χ0) is 10.4. The first-order valence-electron chi connectivity index (χ1n) is 4.00. The van der Waals surface area contributed by atoms with Crippen LogP contribution >= 0.6 is 0 Å². The predicted octanol–water partition coefficient (Wildman–Crippen LogP) is 0.893. The summed E-state index contributed by atoms with van der Waals surface area (Å²) in [5.41, 5.74) is 0.643. The molecule has 5 nitrogen and oxygen atoms in total. The largest absolute Gasteiger partial charge is 0.465 e. The molecule has 0 aliphatic heterocycles. The Labute approximate surface area is 80.7 Å². The van der Waals surface area contributed by atoms with Crippen molar-refractivity contribution in [2.45, 2.75) is 0 Å². The maximum absolute atomic E-state index is 11.1. The average Bonchev–Trinajstić information content (AvgIpc) is 2.16. The summed E-state index contributed by atoms with van der Waals surface area (Å²) in [4.78, 5) is 21.1. The van der Waals surface area contributed by atoms with E-state index < -0.39 is 12.0 Å². The van der Waals surface area contributed by atoms with E-state index in [0.29, 0.717) is 5.69 Å². The normalized spacial score (nSPS) is 9.14. The lowest BCUT2D eigenvalue weighted by atomic mass is 10.3. The Hall–Kier alpha value is -2.04. The minimum absolute atomic E-state index is 0.246. The van der Waals surface area contributed by atoms with E-state index in [2.05, 4.69) is 5.32 Å². The third-order valence-corrected chi connectivity index (χ3v) is 1.46. The van der Waals surface area contributed by atoms with Crippen molar-refractivity contribution in [2.75, 3.05) is 11.9 Å². The van der Waals surface area contributed by atoms with E-state index in [4.69, 9.17) is 5.11 Å². The maximum atomic E-state index is 11.1. The Balaban J connectivity index is 2.38. The van der Waals surface area contributed by atoms with Gasteiger partial charge in [-0.3, -0.25) is 4.79 Å². The molecule has 2 amide bonds. The van der Waals surface area contributed by atoms with Gasteiger partial charge in [0.15, 0.2) is 0 Å². The molecule has 5 heteroatoms. The highest BCUT2D eigenvalue weighted by atomic mass is 16.4. The van der Waals surface area contributed by atoms with Gasteiger partial charge in [-0.2, -0.15) is 0 Å². The zero-order valence-electron chi connectivity index (χ0n) is 7.36. The molecule has 0 aliphatic rings. The number of hydrogen-bond donors (Lipinski definition) is 3. The lowest BCUT2D eigenvalue weighted by Crippen LogP contribution is -2.31. The van der Waals surface area contributed by atoms with Crippen LogP contribution in [0.3, 0.4) is 0 Å². The molecule has 0 radical (unpaired) electrons. The van der Waals surface area contributed by atoms with E-state index in [0.717, 1.165) is 0 Å². The van der Waals surface area contributed by atoms with Crippen molar-refractivity contribution in [3.05, 3.63) is 30.3 Å². The smallest absolute Gasteiger partial charge is 0.405 e. The molecule has 1 rings (SSSR count). The highest BCUT2D eigenvalue weighted by Crippen LogP contribution is 2.03. The van der Waals surface area contributed by atoms with Crippen LogP contribution in [0.5, 0.6) is 0 Å². The SMILES string of the molecule is O=C(O)NCC(=O)Nc1ccccc1. The van der Waals surface area contributed by atoms with E-state index in [1.165, 1.54) is 0 Å². The summed E-state index contributed by atoms with van der Waals surface area (Å²) in [5, 5.41) is 12.7. The molecule has 0 bridgehead atoms. The molecule has 0 aliphatic carbocycles. The number of para-hydroxylation sites is 1. The third kappa shape index (κ3) is 3.57. The number of carboxylic acid groups (broad SMARTS) is 1. The van der Waals surface area contributed by atoms with Gasteiger partial charge in [-0.15, -0.1) is 0 Å². The lowest BCUT2D eigenvalue weighted by molar-refractivity contribution is -0.115. The molecule has 0 unspecified atom stereocenters. The van der Waals surface area contributed by atoms with Gasteiger partial charge < -0.3 is 15.7 Å². The van der Waals surface area contributed by atoms with E-state index in [9.17, 15) is 9.59 Å². The second-order valence-corrected chi connectivity index (χ2v) is 2.57. The number of carbonyl (C=O) groups excluding carboxylic acids is 1. The van der Waals surface area contributed by atoms with Gasteiger partial charge in [-0.25, -0.2) is 4.79 Å². The van der Waals surface area contributed by atoms with Crippen molar-refractivity contribution in [3.8, 4) is 0 Å². The van der Waals surface area contributed by atoms with Gasteiger partial charge in [-0.1, -0.05) is 18.2 Å². The van der Waals surface area contributed by atoms with E-state index in [1.807, 2.05) is 11.4 Å². The fourth-order valence-corrected chi connectivity index (χ4v) is 0.883. The number of benzene rings is 1. The van der Waals surface area contributed by atoms with Crippen LogP contribution in [0.1, 0.15) is 0 Å². The molecule has 74 valence electrons. The van der Waals surface area contributed by atoms with E-state index in [1.54, 1.807) is 24.3 Å². The van der Waals surface area contributed by atoms with Crippen LogP contribution in [0, 0.1) is 0 Å². The molecule has 1 aromatic rings. The molecular weight excluding hydrogens is 184 g/mol. The summed E-state index contributed by atoms with van der Waals surface area (Å²) in [6.07, 6.45) is -1.21. The molecule has 0 fully saturated rings. The number of anilines is 1. The highest BCUT2D eigenvalue weighted by Gasteiger charge is 2.02. The molecule has 0 spiro atoms. The first kappa shape index (κ1) is 10.0. The monoisotopic (exact) mass is 194 g/mol. The van der Waals surface area contributed by atoms with Crippen molar-refractivity contribution in [1.82, 2.24) is 5.32 Å². The van der Waals surface area contributed by atoms with E-state index >= 15 is 0 Å². The van der Waals surface area contributed by atoms with Gasteiger partial charge in [-0.05, 0) is 12.1 Å². The predicted molar refractivity (Wildman–Crippen MR) is 51.1 cm³/mol. The Morgan fingerprint density at radius 1 is 1.21 bits per heavy atom. The topological polar surface area (TPSA) is 78.4 Å². The molecule has 14 heavy (non-hydrogen) atoms. The molecule has 0 saturated carbocycles. The molecule has 0 saturated heterocycles. The van der Waals surface area contributed by atoms with Crippen LogP contribution in [-0.4, -0.2) is 23.7 Å². The van der Waals surface area contributed by atoms with E-state index in [-0.39, 0.29) is 6.54 Å². The van der Waals surface area contributed by atoms with Gasteiger partial charge in [0.05, 0.1) is 0 Å². The standard InChI is InChI=1S/C9H10N2O3/c12-8(6-10-9(13)14)11-7-4-2-1-3-5-7/h1-5,10H,6H2,(H,11,12)(H,13,14). The summed E-state index contributed by atoms with van der Waals surface area (Å²) in [6, 6.07) is 8.82. The first-order valence-corrected chi connectivity index (χ1v) is 4.00. The summed E-state index contributed by atoms with van der Waals surface area (Å²) in [5.74, 6) is -0.390. The van der Waals surface area contributed by atoms with Crippen molar-refractivity contribution in [1.29, 1.82) is 0 Å². The summed E-state index contributed by atoms with van der Waals surface area (Å²) >= 11 is 0. The molecule has 1 aromatic carbocycles. The molecule has 3 N–H and O–H groups in total. The molecule has 0 heterocycles. The Kier molecular flexibility index (Phi) is 3.49. The number of amides is 2. The fraction of sp³-hybridized carbons (Fsp3) is 0.111. The van der Waals surface area contributed by atoms with Crippen LogP contribution in [0.4, 0.5) is 10.5 Å². The van der Waals surface area contributed by atoms with Crippen LogP contribution in [0.25, 0.3) is 0 Å². The van der Waals surface area contributed by atoms with Crippen molar-refractivity contribution >= 4 is 17.7 Å². The molecule has 0 aromatic heterocycles. The summed E-state index contributed by atoms with van der Waals surface area (Å²) in [7, 11) is 0. The van der Waals surface area contributed by atoms with Crippen LogP contribution < -0.4 is 10.6 Å². The highest BCUT2D eigenvalue weighted by molar-refractivity contribution is 5.93. The van der Waals surface area contributed by atoms with Gasteiger partial charge in [0, 0.05) is 5.69 Å². The maximum Gasteiger partial charge on any atom is 0.405 e. The second-order valence-electron chi connectivity index (χ2n) is 2.57. The Morgan fingerprint density at radius 3 is 2.43 bits per heavy atom. The number of hydrogen-bond acceptors (Lipinski definition) is 2.